The fourth-order valence-corrected chi connectivity index (χ4v) is 5.43. The minimum atomic E-state index is -0.135. The number of carbonyl (C=O) groups excluding carboxylic acids is 1. The van der Waals surface area contributed by atoms with Crippen LogP contribution in [0.3, 0.4) is 0 Å². The van der Waals surface area contributed by atoms with Gasteiger partial charge >= 0.3 is 0 Å². The van der Waals surface area contributed by atoms with E-state index in [1.54, 1.807) is 11.3 Å². The summed E-state index contributed by atoms with van der Waals surface area (Å²) in [7, 11) is 0. The second-order valence-electron chi connectivity index (χ2n) is 8.93. The van der Waals surface area contributed by atoms with E-state index < -0.39 is 0 Å². The van der Waals surface area contributed by atoms with Crippen molar-refractivity contribution >= 4 is 28.1 Å². The average Bonchev–Trinajstić information content (AvgIpc) is 3.54. The molecule has 0 unspecified atom stereocenters. The molecule has 0 saturated carbocycles. The van der Waals surface area contributed by atoms with Crippen LogP contribution in [0.15, 0.2) is 46.4 Å². The van der Waals surface area contributed by atoms with Gasteiger partial charge < -0.3 is 19.3 Å². The summed E-state index contributed by atoms with van der Waals surface area (Å²) in [5.41, 5.74) is 6.26. The zero-order valence-corrected chi connectivity index (χ0v) is 20.6. The number of hydrogen-bond acceptors (Lipinski definition) is 6. The van der Waals surface area contributed by atoms with Crippen molar-refractivity contribution in [3.63, 3.8) is 0 Å². The zero-order valence-electron chi connectivity index (χ0n) is 19.8. The van der Waals surface area contributed by atoms with E-state index in [1.165, 1.54) is 19.3 Å². The van der Waals surface area contributed by atoms with Crippen molar-refractivity contribution in [1.82, 2.24) is 14.7 Å². The van der Waals surface area contributed by atoms with Crippen LogP contribution >= 0.6 is 11.3 Å². The molecule has 5 rings (SSSR count). The van der Waals surface area contributed by atoms with Crippen molar-refractivity contribution in [3.8, 4) is 11.1 Å². The molecule has 7 nitrogen and oxygen atoms in total. The first-order valence-electron chi connectivity index (χ1n) is 11.7. The predicted molar refractivity (Wildman–Crippen MR) is 136 cm³/mol. The van der Waals surface area contributed by atoms with Crippen molar-refractivity contribution in [1.29, 1.82) is 0 Å². The molecule has 1 N–H and O–H groups in total. The van der Waals surface area contributed by atoms with Crippen molar-refractivity contribution < 1.29 is 9.32 Å². The Balaban J connectivity index is 1.29. The molecule has 0 atom stereocenters. The zero-order chi connectivity index (χ0) is 23.7. The molecule has 4 heterocycles. The van der Waals surface area contributed by atoms with Crippen molar-refractivity contribution in [2.75, 3.05) is 23.3 Å². The highest BCUT2D eigenvalue weighted by Crippen LogP contribution is 2.28. The lowest BCUT2D eigenvalue weighted by Crippen LogP contribution is -2.29. The Hall–Kier alpha value is -3.39. The van der Waals surface area contributed by atoms with Gasteiger partial charge in [0.1, 0.15) is 11.5 Å². The van der Waals surface area contributed by atoms with Gasteiger partial charge in [-0.1, -0.05) is 17.3 Å². The standard InChI is InChI=1S/C26H29N5O2S/c1-17-13-23(31(14-17)15-22-16-34-26(28-22)30-11-5-4-6-12-30)25(32)27-21-9-7-20(8-10-21)24-18(2)29-33-19(24)3/h7-10,13-14,16H,4-6,11-12,15H2,1-3H3,(H,27,32). The summed E-state index contributed by atoms with van der Waals surface area (Å²) < 4.78 is 7.26. The molecule has 1 saturated heterocycles. The maximum absolute atomic E-state index is 13.1. The number of carbonyl (C=O) groups is 1. The van der Waals surface area contributed by atoms with Gasteiger partial charge in [0.05, 0.1) is 17.9 Å². The van der Waals surface area contributed by atoms with Crippen LogP contribution in [0.2, 0.25) is 0 Å². The molecule has 8 heteroatoms. The fraction of sp³-hybridized carbons (Fsp3) is 0.346. The second-order valence-corrected chi connectivity index (χ2v) is 9.77. The number of nitrogens with one attached hydrogen (secondary N) is 1. The van der Waals surface area contributed by atoms with Gasteiger partial charge in [-0.05, 0) is 69.4 Å². The Kier molecular flexibility index (Phi) is 6.24. The molecule has 1 aromatic carbocycles. The van der Waals surface area contributed by atoms with E-state index in [0.29, 0.717) is 12.2 Å². The third kappa shape index (κ3) is 4.63. The number of aromatic nitrogens is 3. The summed E-state index contributed by atoms with van der Waals surface area (Å²) in [6, 6.07) is 9.69. The van der Waals surface area contributed by atoms with E-state index in [4.69, 9.17) is 9.51 Å². The average molecular weight is 476 g/mol. The molecule has 4 aromatic rings. The minimum absolute atomic E-state index is 0.135. The molecule has 34 heavy (non-hydrogen) atoms. The number of piperidine rings is 1. The maximum Gasteiger partial charge on any atom is 0.272 e. The summed E-state index contributed by atoms with van der Waals surface area (Å²) in [5.74, 6) is 0.651. The number of amides is 1. The van der Waals surface area contributed by atoms with Crippen LogP contribution in [0.25, 0.3) is 11.1 Å². The molecule has 0 aliphatic carbocycles. The second kappa shape index (κ2) is 9.46. The van der Waals surface area contributed by atoms with Crippen molar-refractivity contribution in [2.24, 2.45) is 0 Å². The third-order valence-electron chi connectivity index (χ3n) is 6.23. The normalized spacial score (nSPS) is 13.9. The lowest BCUT2D eigenvalue weighted by molar-refractivity contribution is 0.101. The van der Waals surface area contributed by atoms with Gasteiger partial charge in [0.15, 0.2) is 5.13 Å². The summed E-state index contributed by atoms with van der Waals surface area (Å²) in [4.78, 5) is 20.4. The lowest BCUT2D eigenvalue weighted by atomic mass is 10.0. The SMILES string of the molecule is Cc1cc(C(=O)Nc2ccc(-c3c(C)noc3C)cc2)n(Cc2csc(N3CCCCC3)n2)c1. The highest BCUT2D eigenvalue weighted by atomic mass is 32.1. The van der Waals surface area contributed by atoms with E-state index in [9.17, 15) is 4.79 Å². The number of anilines is 2. The molecule has 3 aromatic heterocycles. The monoisotopic (exact) mass is 475 g/mol. The first kappa shape index (κ1) is 22.4. The number of nitrogens with zero attached hydrogens (tertiary/aromatic N) is 4. The Morgan fingerprint density at radius 2 is 1.88 bits per heavy atom. The van der Waals surface area contributed by atoms with Crippen molar-refractivity contribution in [3.05, 3.63) is 70.3 Å². The number of benzene rings is 1. The molecule has 1 aliphatic rings. The van der Waals surface area contributed by atoms with Crippen LogP contribution in [-0.4, -0.2) is 33.7 Å². The number of thiazole rings is 1. The molecule has 1 amide bonds. The van der Waals surface area contributed by atoms with Crippen LogP contribution in [0.5, 0.6) is 0 Å². The Labute approximate surface area is 203 Å². The van der Waals surface area contributed by atoms with Crippen LogP contribution < -0.4 is 10.2 Å². The molecule has 0 radical (unpaired) electrons. The Morgan fingerprint density at radius 1 is 1.12 bits per heavy atom. The van der Waals surface area contributed by atoms with Crippen molar-refractivity contribution in [2.45, 2.75) is 46.6 Å². The number of hydrogen-bond donors (Lipinski definition) is 1. The first-order chi connectivity index (χ1) is 16.5. The summed E-state index contributed by atoms with van der Waals surface area (Å²) in [5, 5.41) is 10.2. The summed E-state index contributed by atoms with van der Waals surface area (Å²) in [6.07, 6.45) is 5.78. The fourth-order valence-electron chi connectivity index (χ4n) is 4.56. The third-order valence-corrected chi connectivity index (χ3v) is 7.18. The smallest absolute Gasteiger partial charge is 0.272 e. The number of rotatable bonds is 6. The molecule has 1 fully saturated rings. The number of aryl methyl sites for hydroxylation is 3. The highest BCUT2D eigenvalue weighted by Gasteiger charge is 2.18. The van der Waals surface area contributed by atoms with Crippen LogP contribution in [0.4, 0.5) is 10.8 Å². The topological polar surface area (TPSA) is 76.2 Å². The summed E-state index contributed by atoms with van der Waals surface area (Å²) >= 11 is 1.69. The minimum Gasteiger partial charge on any atom is -0.361 e. The highest BCUT2D eigenvalue weighted by molar-refractivity contribution is 7.13. The van der Waals surface area contributed by atoms with Gasteiger partial charge in [0.2, 0.25) is 0 Å². The van der Waals surface area contributed by atoms with Gasteiger partial charge in [-0.3, -0.25) is 4.79 Å². The van der Waals surface area contributed by atoms with E-state index >= 15 is 0 Å². The Bertz CT molecular complexity index is 1280. The lowest BCUT2D eigenvalue weighted by Gasteiger charge is -2.25. The molecular weight excluding hydrogens is 446 g/mol. The van der Waals surface area contributed by atoms with Crippen LogP contribution in [-0.2, 0) is 6.54 Å². The quantitative estimate of drug-likeness (QED) is 0.380. The van der Waals surface area contributed by atoms with Crippen LogP contribution in [0.1, 0.15) is 52.5 Å². The van der Waals surface area contributed by atoms with Crippen LogP contribution in [0, 0.1) is 20.8 Å². The predicted octanol–water partition coefficient (Wildman–Crippen LogP) is 5.82. The maximum atomic E-state index is 13.1. The van der Waals surface area contributed by atoms with Gasteiger partial charge in [-0.2, -0.15) is 0 Å². The van der Waals surface area contributed by atoms with Gasteiger partial charge in [0, 0.05) is 35.9 Å². The Morgan fingerprint density at radius 3 is 2.59 bits per heavy atom. The van der Waals surface area contributed by atoms with E-state index in [-0.39, 0.29) is 5.91 Å². The van der Waals surface area contributed by atoms with Gasteiger partial charge in [-0.25, -0.2) is 4.98 Å². The summed E-state index contributed by atoms with van der Waals surface area (Å²) in [6.45, 7) is 8.57. The largest absolute Gasteiger partial charge is 0.361 e. The van der Waals surface area contributed by atoms with E-state index in [1.807, 2.05) is 61.9 Å². The van der Waals surface area contributed by atoms with E-state index in [0.717, 1.165) is 57.7 Å². The van der Waals surface area contributed by atoms with Gasteiger partial charge in [-0.15, -0.1) is 11.3 Å². The molecule has 1 aliphatic heterocycles. The molecular formula is C26H29N5O2S. The molecule has 176 valence electrons. The molecule has 0 bridgehead atoms. The first-order valence-corrected chi connectivity index (χ1v) is 12.6. The van der Waals surface area contributed by atoms with Gasteiger partial charge in [0.25, 0.3) is 5.91 Å². The molecule has 0 spiro atoms. The van der Waals surface area contributed by atoms with E-state index in [2.05, 4.69) is 20.8 Å².